The van der Waals surface area contributed by atoms with Crippen molar-refractivity contribution < 1.29 is 33.0 Å². The van der Waals surface area contributed by atoms with Gasteiger partial charge in [0.1, 0.15) is 29.7 Å². The van der Waals surface area contributed by atoms with Crippen LogP contribution < -0.4 is 15.3 Å². The first kappa shape index (κ1) is 32.8. The van der Waals surface area contributed by atoms with Gasteiger partial charge in [-0.2, -0.15) is 5.09 Å². The molecule has 242 valence electrons. The number of anilines is 1. The van der Waals surface area contributed by atoms with Gasteiger partial charge in [0.25, 0.3) is 0 Å². The summed E-state index contributed by atoms with van der Waals surface area (Å²) >= 11 is 0. The van der Waals surface area contributed by atoms with E-state index in [1.807, 2.05) is 44.2 Å². The third kappa shape index (κ3) is 7.98. The van der Waals surface area contributed by atoms with Crippen molar-refractivity contribution >= 4 is 41.5 Å². The highest BCUT2D eigenvalue weighted by molar-refractivity contribution is 7.52. The number of esters is 1. The lowest BCUT2D eigenvalue weighted by atomic mass is 10.1. The van der Waals surface area contributed by atoms with Crippen molar-refractivity contribution in [2.75, 3.05) is 18.9 Å². The number of aliphatic hydroxyl groups is 1. The van der Waals surface area contributed by atoms with Gasteiger partial charge in [0.15, 0.2) is 17.7 Å². The summed E-state index contributed by atoms with van der Waals surface area (Å²) < 4.78 is 39.9. The first-order valence-electron chi connectivity index (χ1n) is 15.3. The molecule has 1 fully saturated rings. The van der Waals surface area contributed by atoms with Crippen molar-refractivity contribution in [1.29, 1.82) is 0 Å². The van der Waals surface area contributed by atoms with Gasteiger partial charge in [-0.25, -0.2) is 19.5 Å². The summed E-state index contributed by atoms with van der Waals surface area (Å²) in [7, 11) is -4.22. The molecular formula is C31H41N6O7P. The summed E-state index contributed by atoms with van der Waals surface area (Å²) in [4.78, 5) is 25.6. The molecule has 0 amide bonds. The number of aliphatic hydroxyl groups excluding tert-OH is 1. The molecule has 0 saturated carbocycles. The third-order valence-corrected chi connectivity index (χ3v) is 9.08. The van der Waals surface area contributed by atoms with Crippen LogP contribution in [0, 0.1) is 5.92 Å². The molecule has 1 saturated heterocycles. The molecule has 4 N–H and O–H groups in total. The fourth-order valence-electron chi connectivity index (χ4n) is 5.31. The number of carbonyl (C=O) groups excluding carboxylic acids is 1. The van der Waals surface area contributed by atoms with Gasteiger partial charge >= 0.3 is 13.7 Å². The van der Waals surface area contributed by atoms with E-state index >= 15 is 0 Å². The predicted octanol–water partition coefficient (Wildman–Crippen LogP) is 5.15. The van der Waals surface area contributed by atoms with Gasteiger partial charge in [-0.1, -0.05) is 70.0 Å². The number of nitrogens with zero attached hydrogens (tertiary/aromatic N) is 4. The molecule has 2 aromatic carbocycles. The van der Waals surface area contributed by atoms with Gasteiger partial charge < -0.3 is 24.8 Å². The van der Waals surface area contributed by atoms with E-state index in [9.17, 15) is 14.5 Å². The summed E-state index contributed by atoms with van der Waals surface area (Å²) in [5.41, 5.74) is 6.72. The van der Waals surface area contributed by atoms with E-state index in [-0.39, 0.29) is 31.4 Å². The van der Waals surface area contributed by atoms with E-state index in [1.54, 1.807) is 16.7 Å². The smallest absolute Gasteiger partial charge is 0.459 e. The molecule has 0 radical (unpaired) electrons. The number of hydrogen-bond donors (Lipinski definition) is 3. The number of carbonyl (C=O) groups is 1. The molecule has 45 heavy (non-hydrogen) atoms. The molecule has 4 aromatic rings. The van der Waals surface area contributed by atoms with E-state index in [0.29, 0.717) is 23.3 Å². The zero-order valence-electron chi connectivity index (χ0n) is 25.7. The topological polar surface area (TPSA) is 173 Å². The fraction of sp³-hybridized carbons (Fsp3) is 0.484. The Kier molecular flexibility index (Phi) is 10.7. The van der Waals surface area contributed by atoms with Gasteiger partial charge in [0.05, 0.1) is 25.6 Å². The number of nitrogens with two attached hydrogens (primary N) is 1. The first-order valence-corrected chi connectivity index (χ1v) is 16.8. The summed E-state index contributed by atoms with van der Waals surface area (Å²) in [6.45, 7) is 6.06. The Morgan fingerprint density at radius 3 is 2.78 bits per heavy atom. The minimum Gasteiger partial charge on any atom is -0.465 e. The maximum absolute atomic E-state index is 14.5. The largest absolute Gasteiger partial charge is 0.465 e. The van der Waals surface area contributed by atoms with E-state index < -0.39 is 38.2 Å². The third-order valence-electron chi connectivity index (χ3n) is 7.52. The number of imidazole rings is 1. The molecule has 13 nitrogen and oxygen atoms in total. The van der Waals surface area contributed by atoms with Crippen molar-refractivity contribution in [3.63, 3.8) is 0 Å². The second kappa shape index (κ2) is 14.7. The number of unbranched alkanes of at least 4 members (excludes halogenated alkanes) is 2. The van der Waals surface area contributed by atoms with E-state index in [1.165, 1.54) is 12.7 Å². The van der Waals surface area contributed by atoms with Crippen molar-refractivity contribution in [2.24, 2.45) is 5.92 Å². The molecule has 0 bridgehead atoms. The quantitative estimate of drug-likeness (QED) is 0.0887. The molecule has 0 aliphatic carbocycles. The van der Waals surface area contributed by atoms with Crippen LogP contribution in [-0.4, -0.2) is 62.1 Å². The Morgan fingerprint density at radius 2 is 1.98 bits per heavy atom. The molecule has 3 heterocycles. The average molecular weight is 641 g/mol. The zero-order chi connectivity index (χ0) is 32.0. The lowest BCUT2D eigenvalue weighted by Crippen LogP contribution is -2.39. The number of rotatable bonds is 15. The van der Waals surface area contributed by atoms with Crippen LogP contribution in [0.15, 0.2) is 55.1 Å². The lowest BCUT2D eigenvalue weighted by Gasteiger charge is -2.27. The minimum absolute atomic E-state index is 0.0774. The van der Waals surface area contributed by atoms with Crippen LogP contribution in [0.2, 0.25) is 0 Å². The standard InChI is InChI=1S/C31H41N6O7P/c1-4-5-8-14-41-31(39)24(15-20(2)3)36-45(40,44-26-13-9-11-21-10-6-7-12-23(21)26)42-17-22-16-25(38)30(43-22)37-19-35-27-28(32)33-18-34-29(27)37/h6-7,9-13,18-20,22,24-25,30,38H,4-5,8,14-17H2,1-3H3,(H,36,40)(H2,32,33,34)/t22-,24-,25?,30+,45?/m0/s1. The Balaban J connectivity index is 1.36. The molecule has 1 aliphatic rings. The first-order chi connectivity index (χ1) is 21.7. The van der Waals surface area contributed by atoms with Crippen molar-refractivity contribution in [3.05, 3.63) is 55.1 Å². The molecule has 5 atom stereocenters. The number of hydrogen-bond acceptors (Lipinski definition) is 11. The highest BCUT2D eigenvalue weighted by atomic mass is 31.2. The van der Waals surface area contributed by atoms with E-state index in [4.69, 9.17) is 24.3 Å². The number of nitrogen functional groups attached to an aromatic ring is 1. The number of nitrogens with one attached hydrogen (secondary N) is 1. The summed E-state index contributed by atoms with van der Waals surface area (Å²) in [6.07, 6.45) is 3.53. The highest BCUT2D eigenvalue weighted by Gasteiger charge is 2.40. The Morgan fingerprint density at radius 1 is 1.18 bits per heavy atom. The number of benzene rings is 2. The summed E-state index contributed by atoms with van der Waals surface area (Å²) in [6, 6.07) is 12.0. The lowest BCUT2D eigenvalue weighted by molar-refractivity contribution is -0.146. The Hall–Kier alpha value is -3.61. The molecule has 1 aliphatic heterocycles. The normalized spacial score (nSPS) is 20.4. The predicted molar refractivity (Wildman–Crippen MR) is 169 cm³/mol. The van der Waals surface area contributed by atoms with Crippen LogP contribution in [0.25, 0.3) is 21.9 Å². The zero-order valence-corrected chi connectivity index (χ0v) is 26.6. The van der Waals surface area contributed by atoms with Gasteiger partial charge in [-0.3, -0.25) is 13.9 Å². The second-order valence-electron chi connectivity index (χ2n) is 11.6. The fourth-order valence-corrected chi connectivity index (χ4v) is 6.86. The summed E-state index contributed by atoms with van der Waals surface area (Å²) in [5.74, 6) is 0.0964. The number of ether oxygens (including phenoxy) is 2. The highest BCUT2D eigenvalue weighted by Crippen LogP contribution is 2.48. The minimum atomic E-state index is -4.22. The van der Waals surface area contributed by atoms with Crippen LogP contribution >= 0.6 is 7.75 Å². The van der Waals surface area contributed by atoms with E-state index in [0.717, 1.165) is 30.0 Å². The van der Waals surface area contributed by atoms with Crippen molar-refractivity contribution in [2.45, 2.75) is 77.4 Å². The van der Waals surface area contributed by atoms with Crippen LogP contribution in [-0.2, 0) is 23.4 Å². The molecule has 2 aromatic heterocycles. The number of aromatic nitrogens is 4. The van der Waals surface area contributed by atoms with Crippen LogP contribution in [0.5, 0.6) is 5.75 Å². The molecule has 0 spiro atoms. The monoisotopic (exact) mass is 640 g/mol. The van der Waals surface area contributed by atoms with Gasteiger partial charge in [0, 0.05) is 11.8 Å². The summed E-state index contributed by atoms with van der Waals surface area (Å²) in [5, 5.41) is 15.4. The Bertz CT molecular complexity index is 1640. The molecule has 2 unspecified atom stereocenters. The number of fused-ring (bicyclic) bond motifs is 2. The van der Waals surface area contributed by atoms with Gasteiger partial charge in [0.2, 0.25) is 0 Å². The van der Waals surface area contributed by atoms with Crippen molar-refractivity contribution in [3.8, 4) is 5.75 Å². The van der Waals surface area contributed by atoms with E-state index in [2.05, 4.69) is 27.0 Å². The van der Waals surface area contributed by atoms with Gasteiger partial charge in [-0.15, -0.1) is 0 Å². The van der Waals surface area contributed by atoms with Crippen molar-refractivity contribution in [1.82, 2.24) is 24.6 Å². The van der Waals surface area contributed by atoms with Crippen LogP contribution in [0.3, 0.4) is 0 Å². The van der Waals surface area contributed by atoms with Gasteiger partial charge in [-0.05, 0) is 30.2 Å². The Labute approximate surface area is 262 Å². The van der Waals surface area contributed by atoms with Crippen LogP contribution in [0.4, 0.5) is 5.82 Å². The maximum atomic E-state index is 14.5. The average Bonchev–Trinajstić information content (AvgIpc) is 3.61. The molecular weight excluding hydrogens is 599 g/mol. The van der Waals surface area contributed by atoms with Crippen LogP contribution in [0.1, 0.15) is 59.1 Å². The molecule has 14 heteroatoms. The second-order valence-corrected chi connectivity index (χ2v) is 13.3. The SMILES string of the molecule is CCCCCOC(=O)[C@H](CC(C)C)NP(=O)(OC[C@@H]1CC(O)[C@H](n2cnc3c(N)ncnc32)O1)Oc1cccc2ccccc12. The molecule has 5 rings (SSSR count). The maximum Gasteiger partial charge on any atom is 0.459 e.